The van der Waals surface area contributed by atoms with Crippen LogP contribution in [0.4, 0.5) is 0 Å². The maximum absolute atomic E-state index is 5.46. The summed E-state index contributed by atoms with van der Waals surface area (Å²) in [7, 11) is 0. The van der Waals surface area contributed by atoms with Gasteiger partial charge in [0.1, 0.15) is 0 Å². The third-order valence-electron chi connectivity index (χ3n) is 3.30. The Balaban J connectivity index is 2.17. The van der Waals surface area contributed by atoms with E-state index in [4.69, 9.17) is 9.47 Å². The minimum atomic E-state index is 0.681. The van der Waals surface area contributed by atoms with Crippen LogP contribution >= 0.6 is 11.8 Å². The Kier molecular flexibility index (Phi) is 10.9. The van der Waals surface area contributed by atoms with Crippen LogP contribution in [-0.2, 0) is 9.47 Å². The van der Waals surface area contributed by atoms with Gasteiger partial charge in [-0.3, -0.25) is 4.90 Å². The molecule has 1 rings (SSSR count). The Hall–Kier alpha value is 0.190. The third-order valence-corrected chi connectivity index (χ3v) is 4.44. The van der Waals surface area contributed by atoms with Gasteiger partial charge < -0.3 is 14.8 Å². The molecule has 0 amide bonds. The van der Waals surface area contributed by atoms with Crippen molar-refractivity contribution in [2.75, 3.05) is 64.1 Å². The van der Waals surface area contributed by atoms with Crippen LogP contribution in [0, 0.1) is 0 Å². The van der Waals surface area contributed by atoms with E-state index in [-0.39, 0.29) is 0 Å². The lowest BCUT2D eigenvalue weighted by molar-refractivity contribution is 0.0813. The first-order valence-corrected chi connectivity index (χ1v) is 8.71. The summed E-state index contributed by atoms with van der Waals surface area (Å²) in [6.45, 7) is 11.7. The van der Waals surface area contributed by atoms with Crippen molar-refractivity contribution in [3.63, 3.8) is 0 Å². The highest BCUT2D eigenvalue weighted by Crippen LogP contribution is 2.10. The predicted octanol–water partition coefficient (Wildman–Crippen LogP) is 1.46. The summed E-state index contributed by atoms with van der Waals surface area (Å²) in [6.07, 6.45) is 1.23. The van der Waals surface area contributed by atoms with Gasteiger partial charge in [-0.2, -0.15) is 11.8 Å². The van der Waals surface area contributed by atoms with E-state index in [1.165, 1.54) is 17.9 Å². The van der Waals surface area contributed by atoms with E-state index < -0.39 is 0 Å². The van der Waals surface area contributed by atoms with Crippen LogP contribution in [0.3, 0.4) is 0 Å². The predicted molar refractivity (Wildman–Crippen MR) is 83.2 cm³/mol. The molecule has 114 valence electrons. The monoisotopic (exact) mass is 290 g/mol. The number of nitrogens with zero attached hydrogens (tertiary/aromatic N) is 1. The Morgan fingerprint density at radius 1 is 1.11 bits per heavy atom. The highest BCUT2D eigenvalue weighted by molar-refractivity contribution is 7.99. The molecule has 0 saturated carbocycles. The van der Waals surface area contributed by atoms with Gasteiger partial charge >= 0.3 is 0 Å². The first-order valence-electron chi connectivity index (χ1n) is 7.55. The van der Waals surface area contributed by atoms with E-state index in [2.05, 4.69) is 22.0 Å². The van der Waals surface area contributed by atoms with Crippen LogP contribution in [0.15, 0.2) is 0 Å². The molecule has 1 fully saturated rings. The standard InChI is InChI=1S/C14H30N2O2S/c1-3-17-10-8-16(9-11-18-4-2)7-5-14-13-19-12-6-15-14/h14-15H,3-13H2,1-2H3. The minimum Gasteiger partial charge on any atom is -0.380 e. The number of ether oxygens (including phenoxy) is 2. The van der Waals surface area contributed by atoms with Gasteiger partial charge in [-0.15, -0.1) is 0 Å². The van der Waals surface area contributed by atoms with Crippen LogP contribution in [0.2, 0.25) is 0 Å². The molecule has 1 heterocycles. The Bertz CT molecular complexity index is 192. The molecule has 19 heavy (non-hydrogen) atoms. The summed E-state index contributed by atoms with van der Waals surface area (Å²) < 4.78 is 10.9. The summed E-state index contributed by atoms with van der Waals surface area (Å²) in [4.78, 5) is 2.46. The summed E-state index contributed by atoms with van der Waals surface area (Å²) >= 11 is 2.07. The molecule has 1 N–H and O–H groups in total. The van der Waals surface area contributed by atoms with E-state index in [1.54, 1.807) is 0 Å². The first kappa shape index (κ1) is 17.2. The third kappa shape index (κ3) is 8.87. The molecule has 0 aromatic carbocycles. The quantitative estimate of drug-likeness (QED) is 0.583. The van der Waals surface area contributed by atoms with Crippen molar-refractivity contribution >= 4 is 11.8 Å². The van der Waals surface area contributed by atoms with E-state index in [0.29, 0.717) is 6.04 Å². The molecule has 1 aliphatic rings. The van der Waals surface area contributed by atoms with Crippen LogP contribution in [0.1, 0.15) is 20.3 Å². The number of thioether (sulfide) groups is 1. The fourth-order valence-corrected chi connectivity index (χ4v) is 3.15. The molecule has 4 nitrogen and oxygen atoms in total. The van der Waals surface area contributed by atoms with E-state index in [0.717, 1.165) is 52.6 Å². The average Bonchev–Trinajstić information content (AvgIpc) is 2.45. The molecular weight excluding hydrogens is 260 g/mol. The highest BCUT2D eigenvalue weighted by atomic mass is 32.2. The molecule has 0 aliphatic carbocycles. The van der Waals surface area contributed by atoms with E-state index >= 15 is 0 Å². The van der Waals surface area contributed by atoms with Crippen LogP contribution in [0.25, 0.3) is 0 Å². The zero-order valence-corrected chi connectivity index (χ0v) is 13.3. The molecule has 0 bridgehead atoms. The number of rotatable bonds is 11. The maximum Gasteiger partial charge on any atom is 0.0593 e. The SMILES string of the molecule is CCOCCN(CCOCC)CCC1CSCCN1. The molecule has 0 aromatic heterocycles. The van der Waals surface area contributed by atoms with Gasteiger partial charge in [-0.1, -0.05) is 0 Å². The summed E-state index contributed by atoms with van der Waals surface area (Å²) in [6, 6.07) is 0.681. The van der Waals surface area contributed by atoms with Crippen molar-refractivity contribution in [2.24, 2.45) is 0 Å². The van der Waals surface area contributed by atoms with Crippen LogP contribution in [0.5, 0.6) is 0 Å². The Morgan fingerprint density at radius 2 is 1.79 bits per heavy atom. The average molecular weight is 290 g/mol. The topological polar surface area (TPSA) is 33.7 Å². The molecule has 1 aliphatic heterocycles. The largest absolute Gasteiger partial charge is 0.380 e. The summed E-state index contributed by atoms with van der Waals surface area (Å²) in [5, 5.41) is 3.60. The second kappa shape index (κ2) is 12.0. The highest BCUT2D eigenvalue weighted by Gasteiger charge is 2.14. The zero-order valence-electron chi connectivity index (χ0n) is 12.5. The van der Waals surface area contributed by atoms with Crippen molar-refractivity contribution in [3.05, 3.63) is 0 Å². The molecular formula is C14H30N2O2S. The van der Waals surface area contributed by atoms with Gasteiger partial charge in [0, 0.05) is 50.4 Å². The fourth-order valence-electron chi connectivity index (χ4n) is 2.15. The van der Waals surface area contributed by atoms with Crippen molar-refractivity contribution in [3.8, 4) is 0 Å². The van der Waals surface area contributed by atoms with Gasteiger partial charge in [0.25, 0.3) is 0 Å². The number of nitrogens with one attached hydrogen (secondary N) is 1. The molecule has 1 saturated heterocycles. The molecule has 0 radical (unpaired) electrons. The van der Waals surface area contributed by atoms with Crippen LogP contribution < -0.4 is 5.32 Å². The lowest BCUT2D eigenvalue weighted by atomic mass is 10.2. The van der Waals surface area contributed by atoms with Crippen LogP contribution in [-0.4, -0.2) is 75.1 Å². The van der Waals surface area contributed by atoms with E-state index in [1.807, 2.05) is 13.8 Å². The molecule has 0 aromatic rings. The van der Waals surface area contributed by atoms with Gasteiger partial charge in [0.05, 0.1) is 13.2 Å². The van der Waals surface area contributed by atoms with Gasteiger partial charge in [-0.05, 0) is 26.8 Å². The van der Waals surface area contributed by atoms with Gasteiger partial charge in [0.2, 0.25) is 0 Å². The molecule has 1 atom stereocenters. The first-order chi connectivity index (χ1) is 9.36. The van der Waals surface area contributed by atoms with Crippen molar-refractivity contribution in [1.82, 2.24) is 10.2 Å². The van der Waals surface area contributed by atoms with Crippen molar-refractivity contribution < 1.29 is 9.47 Å². The second-order valence-electron chi connectivity index (χ2n) is 4.75. The summed E-state index contributed by atoms with van der Waals surface area (Å²) in [5.41, 5.74) is 0. The number of hydrogen-bond acceptors (Lipinski definition) is 5. The fraction of sp³-hybridized carbons (Fsp3) is 1.00. The maximum atomic E-state index is 5.46. The summed E-state index contributed by atoms with van der Waals surface area (Å²) in [5.74, 6) is 2.51. The minimum absolute atomic E-state index is 0.681. The molecule has 1 unspecified atom stereocenters. The Labute approximate surface area is 122 Å². The number of hydrogen-bond donors (Lipinski definition) is 1. The lowest BCUT2D eigenvalue weighted by Gasteiger charge is -2.27. The Morgan fingerprint density at radius 3 is 2.32 bits per heavy atom. The normalized spacial score (nSPS) is 20.1. The molecule has 0 spiro atoms. The second-order valence-corrected chi connectivity index (χ2v) is 5.90. The van der Waals surface area contributed by atoms with Crippen molar-refractivity contribution in [2.45, 2.75) is 26.3 Å². The van der Waals surface area contributed by atoms with Gasteiger partial charge in [-0.25, -0.2) is 0 Å². The van der Waals surface area contributed by atoms with E-state index in [9.17, 15) is 0 Å². The van der Waals surface area contributed by atoms with Gasteiger partial charge in [0.15, 0.2) is 0 Å². The zero-order chi connectivity index (χ0) is 13.8. The van der Waals surface area contributed by atoms with Crippen molar-refractivity contribution in [1.29, 1.82) is 0 Å². The lowest BCUT2D eigenvalue weighted by Crippen LogP contribution is -2.41. The smallest absolute Gasteiger partial charge is 0.0593 e. The molecule has 5 heteroatoms.